The molecule has 0 aliphatic heterocycles. The second-order valence-corrected chi connectivity index (χ2v) is 5.56. The summed E-state index contributed by atoms with van der Waals surface area (Å²) in [5.41, 5.74) is 0.113. The number of aromatic nitrogens is 3. The number of aromatic amines is 1. The zero-order valence-corrected chi connectivity index (χ0v) is 12.6. The van der Waals surface area contributed by atoms with Gasteiger partial charge in [-0.05, 0) is 13.0 Å². The number of methoxy groups -OCH3 is 1. The van der Waals surface area contributed by atoms with E-state index in [1.54, 1.807) is 6.92 Å². The van der Waals surface area contributed by atoms with Gasteiger partial charge < -0.3 is 10.1 Å². The van der Waals surface area contributed by atoms with Crippen LogP contribution in [0.4, 0.5) is 11.4 Å². The second-order valence-electron chi connectivity index (χ2n) is 4.20. The maximum Gasteiger partial charge on any atom is 0.271 e. The molecule has 10 heteroatoms. The fourth-order valence-electron chi connectivity index (χ4n) is 1.62. The Hall–Kier alpha value is -2.62. The lowest BCUT2D eigenvalue weighted by Crippen LogP contribution is -2.22. The number of hydrogen-bond donors (Lipinski definition) is 2. The van der Waals surface area contributed by atoms with E-state index in [0.29, 0.717) is 10.8 Å². The molecule has 1 heterocycles. The predicted molar refractivity (Wildman–Crippen MR) is 80.0 cm³/mol. The molecule has 1 amide bonds. The van der Waals surface area contributed by atoms with Crippen LogP contribution in [0, 0.1) is 10.1 Å². The number of nitrogens with one attached hydrogen (secondary N) is 2. The van der Waals surface area contributed by atoms with Crippen molar-refractivity contribution in [3.63, 3.8) is 0 Å². The van der Waals surface area contributed by atoms with E-state index < -0.39 is 10.2 Å². The van der Waals surface area contributed by atoms with Crippen LogP contribution in [0.1, 0.15) is 6.92 Å². The minimum absolute atomic E-state index is 0.132. The van der Waals surface area contributed by atoms with Gasteiger partial charge in [0, 0.05) is 12.1 Å². The number of carbonyl (C=O) groups is 1. The van der Waals surface area contributed by atoms with Crippen molar-refractivity contribution >= 4 is 29.0 Å². The van der Waals surface area contributed by atoms with E-state index in [4.69, 9.17) is 4.74 Å². The molecule has 0 bridgehead atoms. The van der Waals surface area contributed by atoms with E-state index in [-0.39, 0.29) is 17.3 Å². The highest BCUT2D eigenvalue weighted by atomic mass is 32.2. The summed E-state index contributed by atoms with van der Waals surface area (Å²) in [6.45, 7) is 1.69. The minimum atomic E-state index is -0.539. The molecule has 0 aliphatic rings. The fraction of sp³-hybridized carbons (Fsp3) is 0.250. The van der Waals surface area contributed by atoms with Crippen molar-refractivity contribution in [1.29, 1.82) is 0 Å². The van der Waals surface area contributed by atoms with Gasteiger partial charge in [-0.1, -0.05) is 11.8 Å². The molecule has 1 aromatic carbocycles. The number of carbonyl (C=O) groups excluding carboxylic acids is 1. The Balaban J connectivity index is 2.12. The van der Waals surface area contributed by atoms with Crippen LogP contribution in [-0.2, 0) is 4.79 Å². The molecule has 116 valence electrons. The quantitative estimate of drug-likeness (QED) is 0.472. The monoisotopic (exact) mass is 323 g/mol. The molecule has 2 N–H and O–H groups in total. The number of nitrogens with zero attached hydrogens (tertiary/aromatic N) is 3. The SMILES string of the molecule is COc1ccc([N+](=O)[O-])cc1NC(=O)C(C)Sc1cn[nH]n1. The van der Waals surface area contributed by atoms with Gasteiger partial charge in [-0.2, -0.15) is 10.3 Å². The second kappa shape index (κ2) is 6.89. The lowest BCUT2D eigenvalue weighted by Gasteiger charge is -2.13. The van der Waals surface area contributed by atoms with Crippen LogP contribution in [0.2, 0.25) is 0 Å². The molecule has 0 saturated heterocycles. The Kier molecular flexibility index (Phi) is 4.94. The van der Waals surface area contributed by atoms with Crippen LogP contribution in [0.15, 0.2) is 29.4 Å². The van der Waals surface area contributed by atoms with E-state index in [1.807, 2.05) is 0 Å². The first-order valence-corrected chi connectivity index (χ1v) is 7.05. The highest BCUT2D eigenvalue weighted by molar-refractivity contribution is 8.00. The molecule has 1 unspecified atom stereocenters. The molecular formula is C12H13N5O4S. The Bertz CT molecular complexity index is 676. The zero-order valence-electron chi connectivity index (χ0n) is 11.8. The van der Waals surface area contributed by atoms with Crippen molar-refractivity contribution in [2.45, 2.75) is 17.2 Å². The van der Waals surface area contributed by atoms with Crippen LogP contribution >= 0.6 is 11.8 Å². The number of hydrogen-bond acceptors (Lipinski definition) is 7. The van der Waals surface area contributed by atoms with Crippen molar-refractivity contribution in [1.82, 2.24) is 15.4 Å². The average Bonchev–Trinajstić information content (AvgIpc) is 2.99. The van der Waals surface area contributed by atoms with Crippen molar-refractivity contribution in [3.05, 3.63) is 34.5 Å². The van der Waals surface area contributed by atoms with E-state index >= 15 is 0 Å². The van der Waals surface area contributed by atoms with Gasteiger partial charge in [-0.15, -0.1) is 5.10 Å². The molecule has 2 aromatic rings. The summed E-state index contributed by atoms with van der Waals surface area (Å²) < 4.78 is 5.10. The van der Waals surface area contributed by atoms with Crippen molar-refractivity contribution in [2.24, 2.45) is 0 Å². The van der Waals surface area contributed by atoms with Crippen LogP contribution < -0.4 is 10.1 Å². The number of nitro benzene ring substituents is 1. The molecule has 2 rings (SSSR count). The summed E-state index contributed by atoms with van der Waals surface area (Å²) in [6, 6.07) is 4.00. The lowest BCUT2D eigenvalue weighted by molar-refractivity contribution is -0.384. The van der Waals surface area contributed by atoms with Gasteiger partial charge >= 0.3 is 0 Å². The molecule has 0 spiro atoms. The lowest BCUT2D eigenvalue weighted by atomic mass is 10.2. The number of non-ortho nitro benzene ring substituents is 1. The topological polar surface area (TPSA) is 123 Å². The van der Waals surface area contributed by atoms with Crippen molar-refractivity contribution in [2.75, 3.05) is 12.4 Å². The summed E-state index contributed by atoms with van der Waals surface area (Å²) in [7, 11) is 1.42. The smallest absolute Gasteiger partial charge is 0.271 e. The normalized spacial score (nSPS) is 11.7. The minimum Gasteiger partial charge on any atom is -0.495 e. The van der Waals surface area contributed by atoms with Crippen molar-refractivity contribution in [3.8, 4) is 5.75 Å². The van der Waals surface area contributed by atoms with E-state index in [9.17, 15) is 14.9 Å². The molecule has 9 nitrogen and oxygen atoms in total. The Labute approximate surface area is 129 Å². The number of anilines is 1. The van der Waals surface area contributed by atoms with Gasteiger partial charge in [0.1, 0.15) is 10.8 Å². The maximum absolute atomic E-state index is 12.2. The third-order valence-corrected chi connectivity index (χ3v) is 3.72. The van der Waals surface area contributed by atoms with Crippen LogP contribution in [0.3, 0.4) is 0 Å². The Morgan fingerprint density at radius 2 is 2.32 bits per heavy atom. The van der Waals surface area contributed by atoms with E-state index in [2.05, 4.69) is 20.7 Å². The zero-order chi connectivity index (χ0) is 16.1. The molecule has 0 fully saturated rings. The van der Waals surface area contributed by atoms with Gasteiger partial charge in [0.25, 0.3) is 5.69 Å². The number of ether oxygens (including phenoxy) is 1. The highest BCUT2D eigenvalue weighted by Gasteiger charge is 2.19. The fourth-order valence-corrected chi connectivity index (χ4v) is 2.36. The van der Waals surface area contributed by atoms with E-state index in [0.717, 1.165) is 0 Å². The molecule has 1 atom stereocenters. The standard InChI is InChI=1S/C12H13N5O4S/c1-7(22-11-6-13-16-15-11)12(18)14-9-5-8(17(19)20)3-4-10(9)21-2/h3-7H,1-2H3,(H,14,18)(H,13,15,16). The highest BCUT2D eigenvalue weighted by Crippen LogP contribution is 2.30. The summed E-state index contributed by atoms with van der Waals surface area (Å²) in [4.78, 5) is 22.4. The number of thioether (sulfide) groups is 1. The number of benzene rings is 1. The Morgan fingerprint density at radius 1 is 1.55 bits per heavy atom. The molecule has 22 heavy (non-hydrogen) atoms. The van der Waals surface area contributed by atoms with Gasteiger partial charge in [0.2, 0.25) is 5.91 Å². The first-order valence-electron chi connectivity index (χ1n) is 6.17. The molecule has 1 aromatic heterocycles. The predicted octanol–water partition coefficient (Wildman–Crippen LogP) is 1.84. The largest absolute Gasteiger partial charge is 0.495 e. The van der Waals surface area contributed by atoms with Gasteiger partial charge in [-0.25, -0.2) is 0 Å². The number of H-pyrrole nitrogens is 1. The average molecular weight is 323 g/mol. The third-order valence-electron chi connectivity index (χ3n) is 2.71. The van der Waals surface area contributed by atoms with E-state index in [1.165, 1.54) is 43.3 Å². The first kappa shape index (κ1) is 15.8. The van der Waals surface area contributed by atoms with Crippen LogP contribution in [-0.4, -0.2) is 38.6 Å². The maximum atomic E-state index is 12.2. The van der Waals surface area contributed by atoms with Crippen LogP contribution in [0.25, 0.3) is 0 Å². The van der Waals surface area contributed by atoms with Crippen molar-refractivity contribution < 1.29 is 14.5 Å². The van der Waals surface area contributed by atoms with Gasteiger partial charge in [-0.3, -0.25) is 14.9 Å². The van der Waals surface area contributed by atoms with Gasteiger partial charge in [0.05, 0.1) is 29.2 Å². The summed E-state index contributed by atoms with van der Waals surface area (Å²) in [5, 5.41) is 23.5. The summed E-state index contributed by atoms with van der Waals surface area (Å²) >= 11 is 1.21. The number of nitro groups is 1. The summed E-state index contributed by atoms with van der Waals surface area (Å²) in [5.74, 6) is 0.0179. The molecule has 0 radical (unpaired) electrons. The van der Waals surface area contributed by atoms with Crippen LogP contribution in [0.5, 0.6) is 5.75 Å². The first-order chi connectivity index (χ1) is 10.5. The Morgan fingerprint density at radius 3 is 2.91 bits per heavy atom. The number of rotatable bonds is 6. The van der Waals surface area contributed by atoms with Gasteiger partial charge in [0.15, 0.2) is 0 Å². The number of amides is 1. The molecule has 0 saturated carbocycles. The third kappa shape index (κ3) is 3.73. The molecule has 0 aliphatic carbocycles. The summed E-state index contributed by atoms with van der Waals surface area (Å²) in [6.07, 6.45) is 1.50. The molecular weight excluding hydrogens is 310 g/mol.